The maximum atomic E-state index is 6.20. The van der Waals surface area contributed by atoms with E-state index in [0.717, 1.165) is 54.6 Å². The van der Waals surface area contributed by atoms with Crippen molar-refractivity contribution in [1.82, 2.24) is 20.4 Å². The van der Waals surface area contributed by atoms with Gasteiger partial charge in [0.15, 0.2) is 5.96 Å². The first-order valence-corrected chi connectivity index (χ1v) is 9.55. The minimum atomic E-state index is 0. The van der Waals surface area contributed by atoms with Crippen LogP contribution in [0.5, 0.6) is 0 Å². The lowest BCUT2D eigenvalue weighted by atomic mass is 10.1. The van der Waals surface area contributed by atoms with Crippen LogP contribution < -0.4 is 10.6 Å². The summed E-state index contributed by atoms with van der Waals surface area (Å²) in [5, 5.41) is 12.5. The highest BCUT2D eigenvalue weighted by Crippen LogP contribution is 2.21. The first-order chi connectivity index (χ1) is 12.4. The van der Waals surface area contributed by atoms with Crippen molar-refractivity contribution in [2.24, 2.45) is 12.0 Å². The minimum absolute atomic E-state index is 0. The monoisotopic (exact) mass is 523 g/mol. The maximum absolute atomic E-state index is 6.20. The van der Waals surface area contributed by atoms with Crippen LogP contribution in [0.2, 0.25) is 10.0 Å². The maximum Gasteiger partial charge on any atom is 0.190 e. The van der Waals surface area contributed by atoms with E-state index in [9.17, 15) is 0 Å². The van der Waals surface area contributed by atoms with Crippen LogP contribution in [0, 0.1) is 13.8 Å². The molecule has 0 aliphatic carbocycles. The van der Waals surface area contributed by atoms with Crippen molar-refractivity contribution >= 4 is 53.1 Å². The molecule has 1 aromatic carbocycles. The van der Waals surface area contributed by atoms with Crippen molar-refractivity contribution in [3.05, 3.63) is 50.8 Å². The Morgan fingerprint density at radius 2 is 1.85 bits per heavy atom. The standard InChI is InChI=1S/C19H27Cl2N5.HI/c1-13-17(14(2)26(4)25-13)9-11-24-19(22-3)23-10-5-6-15-7-8-16(20)12-18(15)21;/h7-8,12H,5-6,9-11H2,1-4H3,(H2,22,23,24);1H. The number of aromatic nitrogens is 2. The number of nitrogens with one attached hydrogen (secondary N) is 2. The largest absolute Gasteiger partial charge is 0.356 e. The highest BCUT2D eigenvalue weighted by atomic mass is 127. The molecule has 2 N–H and O–H groups in total. The SMILES string of the molecule is CN=C(NCCCc1ccc(Cl)cc1Cl)NCCc1c(C)nn(C)c1C.I. The Kier molecular flexibility index (Phi) is 10.5. The summed E-state index contributed by atoms with van der Waals surface area (Å²) < 4.78 is 1.93. The van der Waals surface area contributed by atoms with E-state index < -0.39 is 0 Å². The van der Waals surface area contributed by atoms with Crippen molar-refractivity contribution in [2.45, 2.75) is 33.1 Å². The lowest BCUT2D eigenvalue weighted by Gasteiger charge is -2.12. The Labute approximate surface area is 188 Å². The molecule has 2 rings (SSSR count). The zero-order valence-electron chi connectivity index (χ0n) is 16.3. The van der Waals surface area contributed by atoms with Crippen LogP contribution in [-0.2, 0) is 19.9 Å². The Balaban J connectivity index is 0.00000364. The molecule has 0 radical (unpaired) electrons. The van der Waals surface area contributed by atoms with Gasteiger partial charge >= 0.3 is 0 Å². The number of hydrogen-bond donors (Lipinski definition) is 2. The van der Waals surface area contributed by atoms with Gasteiger partial charge in [0, 0.05) is 42.9 Å². The highest BCUT2D eigenvalue weighted by molar-refractivity contribution is 14.0. The number of aliphatic imine (C=N–C) groups is 1. The van der Waals surface area contributed by atoms with Gasteiger partial charge in [0.2, 0.25) is 0 Å². The first-order valence-electron chi connectivity index (χ1n) is 8.80. The van der Waals surface area contributed by atoms with Gasteiger partial charge in [0.1, 0.15) is 0 Å². The third kappa shape index (κ3) is 7.16. The smallest absolute Gasteiger partial charge is 0.190 e. The molecule has 0 saturated carbocycles. The molecule has 1 aromatic heterocycles. The van der Waals surface area contributed by atoms with Gasteiger partial charge in [-0.3, -0.25) is 9.67 Å². The molecule has 2 aromatic rings. The predicted molar refractivity (Wildman–Crippen MR) is 126 cm³/mol. The van der Waals surface area contributed by atoms with Crippen molar-refractivity contribution < 1.29 is 0 Å². The quantitative estimate of drug-likeness (QED) is 0.246. The lowest BCUT2D eigenvalue weighted by Crippen LogP contribution is -2.38. The Morgan fingerprint density at radius 3 is 2.44 bits per heavy atom. The van der Waals surface area contributed by atoms with Crippen LogP contribution >= 0.6 is 47.2 Å². The summed E-state index contributed by atoms with van der Waals surface area (Å²) in [4.78, 5) is 4.27. The average molecular weight is 524 g/mol. The van der Waals surface area contributed by atoms with Crippen molar-refractivity contribution in [3.63, 3.8) is 0 Å². The summed E-state index contributed by atoms with van der Waals surface area (Å²) >= 11 is 12.1. The Bertz CT molecular complexity index is 774. The van der Waals surface area contributed by atoms with Gasteiger partial charge in [-0.1, -0.05) is 29.3 Å². The molecule has 0 aliphatic heterocycles. The molecule has 0 saturated heterocycles. The second-order valence-electron chi connectivity index (χ2n) is 6.29. The van der Waals surface area contributed by atoms with Gasteiger partial charge in [0.05, 0.1) is 5.69 Å². The fourth-order valence-corrected chi connectivity index (χ4v) is 3.42. The van der Waals surface area contributed by atoms with Crippen LogP contribution in [-0.4, -0.2) is 35.9 Å². The molecular formula is C19H28Cl2IN5. The van der Waals surface area contributed by atoms with E-state index in [2.05, 4.69) is 34.6 Å². The zero-order chi connectivity index (χ0) is 19.1. The van der Waals surface area contributed by atoms with Crippen molar-refractivity contribution in [3.8, 4) is 0 Å². The lowest BCUT2D eigenvalue weighted by molar-refractivity contribution is 0.726. The van der Waals surface area contributed by atoms with Crippen LogP contribution in [0.15, 0.2) is 23.2 Å². The average Bonchev–Trinajstić information content (AvgIpc) is 2.84. The summed E-state index contributed by atoms with van der Waals surface area (Å²) in [7, 11) is 3.76. The van der Waals surface area contributed by atoms with Gasteiger partial charge < -0.3 is 10.6 Å². The van der Waals surface area contributed by atoms with Gasteiger partial charge in [-0.15, -0.1) is 24.0 Å². The number of aryl methyl sites for hydroxylation is 3. The number of rotatable bonds is 7. The normalized spacial score (nSPS) is 11.3. The summed E-state index contributed by atoms with van der Waals surface area (Å²) in [6.07, 6.45) is 2.78. The third-order valence-electron chi connectivity index (χ3n) is 4.48. The molecule has 0 bridgehead atoms. The van der Waals surface area contributed by atoms with E-state index in [1.807, 2.05) is 23.9 Å². The van der Waals surface area contributed by atoms with E-state index in [0.29, 0.717) is 5.02 Å². The molecule has 5 nitrogen and oxygen atoms in total. The Hall–Kier alpha value is -0.990. The molecule has 150 valence electrons. The molecule has 8 heteroatoms. The summed E-state index contributed by atoms with van der Waals surface area (Å²) in [6, 6.07) is 5.64. The van der Waals surface area contributed by atoms with E-state index in [1.165, 1.54) is 11.3 Å². The molecular weight excluding hydrogens is 496 g/mol. The summed E-state index contributed by atoms with van der Waals surface area (Å²) in [6.45, 7) is 5.79. The number of hydrogen-bond acceptors (Lipinski definition) is 2. The Morgan fingerprint density at radius 1 is 1.15 bits per heavy atom. The number of halogens is 3. The van der Waals surface area contributed by atoms with Crippen molar-refractivity contribution in [2.75, 3.05) is 20.1 Å². The van der Waals surface area contributed by atoms with Crippen molar-refractivity contribution in [1.29, 1.82) is 0 Å². The summed E-state index contributed by atoms with van der Waals surface area (Å²) in [5.41, 5.74) is 4.72. The number of nitrogens with zero attached hydrogens (tertiary/aromatic N) is 3. The van der Waals surface area contributed by atoms with Crippen LogP contribution in [0.3, 0.4) is 0 Å². The molecule has 0 amide bonds. The minimum Gasteiger partial charge on any atom is -0.356 e. The van der Waals surface area contributed by atoms with E-state index >= 15 is 0 Å². The second kappa shape index (κ2) is 11.8. The van der Waals surface area contributed by atoms with E-state index in [4.69, 9.17) is 23.2 Å². The first kappa shape index (κ1) is 24.0. The summed E-state index contributed by atoms with van der Waals surface area (Å²) in [5.74, 6) is 0.811. The van der Waals surface area contributed by atoms with Gasteiger partial charge in [-0.05, 0) is 56.4 Å². The molecule has 0 unspecified atom stereocenters. The zero-order valence-corrected chi connectivity index (χ0v) is 20.1. The van der Waals surface area contributed by atoms with Gasteiger partial charge in [0.25, 0.3) is 0 Å². The predicted octanol–water partition coefficient (Wildman–Crippen LogP) is 4.30. The molecule has 0 spiro atoms. The van der Waals surface area contributed by atoms with Crippen LogP contribution in [0.25, 0.3) is 0 Å². The van der Waals surface area contributed by atoms with Crippen LogP contribution in [0.4, 0.5) is 0 Å². The molecule has 0 fully saturated rings. The molecule has 1 heterocycles. The molecule has 0 atom stereocenters. The third-order valence-corrected chi connectivity index (χ3v) is 5.07. The number of guanidine groups is 1. The number of benzene rings is 1. The second-order valence-corrected chi connectivity index (χ2v) is 7.13. The highest BCUT2D eigenvalue weighted by Gasteiger charge is 2.09. The van der Waals surface area contributed by atoms with Gasteiger partial charge in [-0.25, -0.2) is 0 Å². The van der Waals surface area contributed by atoms with Gasteiger partial charge in [-0.2, -0.15) is 5.10 Å². The van der Waals surface area contributed by atoms with Crippen LogP contribution in [0.1, 0.15) is 28.9 Å². The fraction of sp³-hybridized carbons (Fsp3) is 0.474. The van der Waals surface area contributed by atoms with E-state index in [-0.39, 0.29) is 24.0 Å². The molecule has 27 heavy (non-hydrogen) atoms. The fourth-order valence-electron chi connectivity index (χ4n) is 2.92. The molecule has 0 aliphatic rings. The van der Waals surface area contributed by atoms with E-state index in [1.54, 1.807) is 13.1 Å². The topological polar surface area (TPSA) is 54.2 Å².